The van der Waals surface area contributed by atoms with E-state index in [9.17, 15) is 14.4 Å². The molecule has 28 heavy (non-hydrogen) atoms. The second-order valence-electron chi connectivity index (χ2n) is 8.62. The van der Waals surface area contributed by atoms with E-state index in [2.05, 4.69) is 0 Å². The van der Waals surface area contributed by atoms with Gasteiger partial charge in [-0.05, 0) is 48.5 Å². The zero-order valence-electron chi connectivity index (χ0n) is 18.0. The van der Waals surface area contributed by atoms with Crippen molar-refractivity contribution in [3.05, 3.63) is 0 Å². The van der Waals surface area contributed by atoms with E-state index in [1.807, 2.05) is 0 Å². The Morgan fingerprint density at radius 3 is 2.00 bits per heavy atom. The van der Waals surface area contributed by atoms with Gasteiger partial charge in [-0.2, -0.15) is 0 Å². The van der Waals surface area contributed by atoms with E-state index in [1.165, 1.54) is 9.80 Å². The van der Waals surface area contributed by atoms with Crippen LogP contribution >= 0.6 is 0 Å². The van der Waals surface area contributed by atoms with Crippen LogP contribution < -0.4 is 0 Å². The summed E-state index contributed by atoms with van der Waals surface area (Å²) in [6, 6.07) is -0.791. The molecule has 1 unspecified atom stereocenters. The summed E-state index contributed by atoms with van der Waals surface area (Å²) in [5, 5.41) is 8.33. The first kappa shape index (κ1) is 23.7. The summed E-state index contributed by atoms with van der Waals surface area (Å²) in [5.74, 6) is -0.550. The topological polar surface area (TPSA) is 109 Å². The third kappa shape index (κ3) is 7.74. The molecule has 1 N–H and O–H groups in total. The Morgan fingerprint density at radius 2 is 1.50 bits per heavy atom. The third-order valence-electron chi connectivity index (χ3n) is 3.70. The van der Waals surface area contributed by atoms with Crippen LogP contribution in [-0.2, 0) is 19.0 Å². The van der Waals surface area contributed by atoms with Crippen LogP contribution in [0.2, 0.25) is 0 Å². The molecule has 0 radical (unpaired) electrons. The van der Waals surface area contributed by atoms with E-state index < -0.39 is 35.4 Å². The van der Waals surface area contributed by atoms with Gasteiger partial charge in [-0.3, -0.25) is 9.69 Å². The molecule has 1 fully saturated rings. The molecule has 1 saturated heterocycles. The Morgan fingerprint density at radius 1 is 0.964 bits per heavy atom. The van der Waals surface area contributed by atoms with Crippen molar-refractivity contribution < 1.29 is 28.6 Å². The van der Waals surface area contributed by atoms with E-state index in [0.29, 0.717) is 0 Å². The van der Waals surface area contributed by atoms with Gasteiger partial charge in [-0.15, -0.1) is 0 Å². The largest absolute Gasteiger partial charge is 0.466 e. The molecule has 1 rings (SSSR count). The molecule has 160 valence electrons. The number of rotatable bonds is 4. The summed E-state index contributed by atoms with van der Waals surface area (Å²) < 4.78 is 15.7. The van der Waals surface area contributed by atoms with Crippen LogP contribution in [-0.4, -0.2) is 77.2 Å². The molecule has 1 heterocycles. The van der Waals surface area contributed by atoms with E-state index in [4.69, 9.17) is 19.6 Å². The first-order chi connectivity index (χ1) is 12.7. The SMILES string of the molecule is CCOC(=O)CC(=N)C1CN(C(=O)OC(C)(C)C)CCN1C(=O)OC(C)(C)C. The Bertz CT molecular complexity index is 606. The fourth-order valence-corrected chi connectivity index (χ4v) is 2.60. The highest BCUT2D eigenvalue weighted by molar-refractivity contribution is 6.01. The zero-order valence-corrected chi connectivity index (χ0v) is 18.0. The monoisotopic (exact) mass is 399 g/mol. The zero-order chi connectivity index (χ0) is 21.7. The minimum Gasteiger partial charge on any atom is -0.466 e. The fraction of sp³-hybridized carbons (Fsp3) is 0.789. The molecule has 0 spiro atoms. The van der Waals surface area contributed by atoms with Crippen molar-refractivity contribution in [3.8, 4) is 0 Å². The Labute approximate surface area is 166 Å². The van der Waals surface area contributed by atoms with Crippen molar-refractivity contribution in [2.75, 3.05) is 26.2 Å². The number of nitrogens with one attached hydrogen (secondary N) is 1. The average Bonchev–Trinajstić information content (AvgIpc) is 2.51. The first-order valence-electron chi connectivity index (χ1n) is 9.44. The van der Waals surface area contributed by atoms with Gasteiger partial charge in [0.1, 0.15) is 11.2 Å². The molecule has 0 aromatic rings. The molecular formula is C19H33N3O6. The lowest BCUT2D eigenvalue weighted by molar-refractivity contribution is -0.141. The average molecular weight is 399 g/mol. The number of carbonyl (C=O) groups excluding carboxylic acids is 3. The van der Waals surface area contributed by atoms with Gasteiger partial charge in [0.25, 0.3) is 0 Å². The molecule has 1 aliphatic rings. The van der Waals surface area contributed by atoms with Crippen LogP contribution in [0.5, 0.6) is 0 Å². The Balaban J connectivity index is 2.98. The van der Waals surface area contributed by atoms with Crippen LogP contribution in [0.25, 0.3) is 0 Å². The maximum atomic E-state index is 12.6. The summed E-state index contributed by atoms with van der Waals surface area (Å²) in [6.07, 6.45) is -1.37. The summed E-state index contributed by atoms with van der Waals surface area (Å²) in [5.41, 5.74) is -1.38. The molecule has 0 aliphatic carbocycles. The van der Waals surface area contributed by atoms with Gasteiger partial charge in [0.05, 0.1) is 25.6 Å². The summed E-state index contributed by atoms with van der Waals surface area (Å²) >= 11 is 0. The van der Waals surface area contributed by atoms with Gasteiger partial charge < -0.3 is 24.5 Å². The second kappa shape index (κ2) is 9.25. The number of amides is 2. The van der Waals surface area contributed by atoms with Crippen LogP contribution in [0.4, 0.5) is 9.59 Å². The number of hydrogen-bond donors (Lipinski definition) is 1. The highest BCUT2D eigenvalue weighted by Crippen LogP contribution is 2.20. The van der Waals surface area contributed by atoms with Gasteiger partial charge in [0, 0.05) is 18.8 Å². The standard InChI is InChI=1S/C19H33N3O6/c1-8-26-15(23)11-13(20)14-12-21(16(24)27-18(2,3)4)9-10-22(14)17(25)28-19(5,6)7/h14,20H,8-12H2,1-7H3. The highest BCUT2D eigenvalue weighted by Gasteiger charge is 2.38. The minimum atomic E-state index is -0.791. The lowest BCUT2D eigenvalue weighted by atomic mass is 10.0. The van der Waals surface area contributed by atoms with Crippen LogP contribution in [0, 0.1) is 5.41 Å². The molecule has 9 nitrogen and oxygen atoms in total. The van der Waals surface area contributed by atoms with Crippen molar-refractivity contribution in [2.45, 2.75) is 72.1 Å². The Kier molecular flexibility index (Phi) is 7.84. The van der Waals surface area contributed by atoms with Crippen LogP contribution in [0.3, 0.4) is 0 Å². The molecule has 1 aliphatic heterocycles. The lowest BCUT2D eigenvalue weighted by Crippen LogP contribution is -2.60. The van der Waals surface area contributed by atoms with Gasteiger partial charge in [0.2, 0.25) is 0 Å². The number of ether oxygens (including phenoxy) is 3. The van der Waals surface area contributed by atoms with Crippen molar-refractivity contribution in [1.82, 2.24) is 9.80 Å². The molecule has 0 bridgehead atoms. The molecular weight excluding hydrogens is 366 g/mol. The van der Waals surface area contributed by atoms with Crippen molar-refractivity contribution >= 4 is 23.9 Å². The number of nitrogens with zero attached hydrogens (tertiary/aromatic N) is 2. The smallest absolute Gasteiger partial charge is 0.410 e. The molecule has 0 aromatic carbocycles. The third-order valence-corrected chi connectivity index (χ3v) is 3.70. The molecule has 2 amide bonds. The quantitative estimate of drug-likeness (QED) is 0.442. The van der Waals surface area contributed by atoms with Gasteiger partial charge in [-0.1, -0.05) is 0 Å². The maximum absolute atomic E-state index is 12.6. The normalized spacial score (nSPS) is 17.8. The number of hydrogen-bond acceptors (Lipinski definition) is 7. The fourth-order valence-electron chi connectivity index (χ4n) is 2.60. The second-order valence-corrected chi connectivity index (χ2v) is 8.62. The summed E-state index contributed by atoms with van der Waals surface area (Å²) in [6.45, 7) is 12.9. The Hall–Kier alpha value is -2.32. The lowest BCUT2D eigenvalue weighted by Gasteiger charge is -2.41. The van der Waals surface area contributed by atoms with E-state index in [1.54, 1.807) is 48.5 Å². The van der Waals surface area contributed by atoms with E-state index >= 15 is 0 Å². The van der Waals surface area contributed by atoms with E-state index in [0.717, 1.165) is 0 Å². The molecule has 0 saturated carbocycles. The number of piperazine rings is 1. The number of esters is 1. The van der Waals surface area contributed by atoms with Gasteiger partial charge in [-0.25, -0.2) is 9.59 Å². The predicted molar refractivity (Wildman–Crippen MR) is 104 cm³/mol. The summed E-state index contributed by atoms with van der Waals surface area (Å²) in [7, 11) is 0. The van der Waals surface area contributed by atoms with E-state index in [-0.39, 0.29) is 38.4 Å². The highest BCUT2D eigenvalue weighted by atomic mass is 16.6. The summed E-state index contributed by atoms with van der Waals surface area (Å²) in [4.78, 5) is 39.6. The van der Waals surface area contributed by atoms with Gasteiger partial charge >= 0.3 is 18.2 Å². The predicted octanol–water partition coefficient (Wildman–Crippen LogP) is 2.82. The van der Waals surface area contributed by atoms with Crippen LogP contribution in [0.1, 0.15) is 54.9 Å². The molecule has 9 heteroatoms. The molecule has 0 aromatic heterocycles. The van der Waals surface area contributed by atoms with Crippen molar-refractivity contribution in [2.24, 2.45) is 0 Å². The minimum absolute atomic E-state index is 0.0161. The maximum Gasteiger partial charge on any atom is 0.410 e. The first-order valence-corrected chi connectivity index (χ1v) is 9.44. The van der Waals surface area contributed by atoms with Crippen LogP contribution in [0.15, 0.2) is 0 Å². The van der Waals surface area contributed by atoms with Crippen molar-refractivity contribution in [3.63, 3.8) is 0 Å². The number of carbonyl (C=O) groups is 3. The molecule has 1 atom stereocenters. The van der Waals surface area contributed by atoms with Gasteiger partial charge in [0.15, 0.2) is 0 Å². The van der Waals surface area contributed by atoms with Crippen molar-refractivity contribution in [1.29, 1.82) is 5.41 Å².